The van der Waals surface area contributed by atoms with Gasteiger partial charge >= 0.3 is 0 Å². The SMILES string of the molecule is CCCCCCCCCCC/C=C/CCCC(O)C(O)C(COC1OC(CO)C(O)C(O)C1O)NC(=O)C(O)CCCCCCCCCCCCCCCCCC/C=C\CCCCCCCCCCCCCCCC. The fourth-order valence-electron chi connectivity index (χ4n) is 10.5. The van der Waals surface area contributed by atoms with Gasteiger partial charge in [-0.05, 0) is 64.2 Å². The summed E-state index contributed by atoms with van der Waals surface area (Å²) in [6.45, 7) is 3.46. The Labute approximate surface area is 461 Å². The molecule has 9 unspecified atom stereocenters. The van der Waals surface area contributed by atoms with Gasteiger partial charge in [-0.25, -0.2) is 0 Å². The lowest BCUT2D eigenvalue weighted by atomic mass is 9.98. The van der Waals surface area contributed by atoms with Crippen molar-refractivity contribution in [3.05, 3.63) is 24.3 Å². The van der Waals surface area contributed by atoms with Crippen molar-refractivity contribution in [3.63, 3.8) is 0 Å². The standard InChI is InChI=1S/C64H123NO10/c1-3-5-7-9-11-13-15-17-19-20-21-22-23-24-25-26-27-28-29-30-31-32-33-34-35-36-37-38-40-42-44-46-48-50-52-57(68)63(73)65-55(54-74-64-62(72)61(71)60(70)58(53-66)75-64)59(69)56(67)51-49-47-45-43-41-39-18-16-14-12-10-8-6-4-2/h26-27,43,45,55-62,64,66-72H,3-25,28-42,44,46-54H2,1-2H3,(H,65,73)/b27-26-,45-43+. The first-order valence-electron chi connectivity index (χ1n) is 32.2. The molecule has 8 N–H and O–H groups in total. The number of aliphatic hydroxyl groups excluding tert-OH is 7. The molecule has 11 heteroatoms. The van der Waals surface area contributed by atoms with E-state index in [1.165, 1.54) is 231 Å². The van der Waals surface area contributed by atoms with E-state index in [-0.39, 0.29) is 12.8 Å². The number of carbonyl (C=O) groups is 1. The molecule has 444 valence electrons. The van der Waals surface area contributed by atoms with Crippen LogP contribution in [0.1, 0.15) is 309 Å². The molecule has 0 aliphatic carbocycles. The monoisotopic (exact) mass is 1070 g/mol. The summed E-state index contributed by atoms with van der Waals surface area (Å²) in [5.41, 5.74) is 0. The largest absolute Gasteiger partial charge is 0.394 e. The van der Waals surface area contributed by atoms with E-state index in [9.17, 15) is 40.5 Å². The summed E-state index contributed by atoms with van der Waals surface area (Å²) in [5, 5.41) is 76.1. The van der Waals surface area contributed by atoms with Crippen molar-refractivity contribution in [2.24, 2.45) is 0 Å². The maximum Gasteiger partial charge on any atom is 0.249 e. The Hall–Kier alpha value is -1.41. The summed E-state index contributed by atoms with van der Waals surface area (Å²) in [7, 11) is 0. The van der Waals surface area contributed by atoms with Crippen LogP contribution in [0.4, 0.5) is 0 Å². The predicted octanol–water partition coefficient (Wildman–Crippen LogP) is 14.5. The van der Waals surface area contributed by atoms with Gasteiger partial charge in [0.15, 0.2) is 6.29 Å². The molecule has 0 aromatic rings. The highest BCUT2D eigenvalue weighted by Crippen LogP contribution is 2.24. The molecule has 1 fully saturated rings. The molecule has 0 aromatic heterocycles. The van der Waals surface area contributed by atoms with E-state index in [0.29, 0.717) is 12.8 Å². The van der Waals surface area contributed by atoms with Gasteiger partial charge in [0.1, 0.15) is 36.6 Å². The molecule has 1 saturated heterocycles. The molecule has 1 aliphatic heterocycles. The number of nitrogens with one attached hydrogen (secondary N) is 1. The fraction of sp³-hybridized carbons (Fsp3) is 0.922. The third-order valence-electron chi connectivity index (χ3n) is 15.7. The summed E-state index contributed by atoms with van der Waals surface area (Å²) >= 11 is 0. The molecule has 1 heterocycles. The molecule has 0 spiro atoms. The van der Waals surface area contributed by atoms with Crippen molar-refractivity contribution in [2.75, 3.05) is 13.2 Å². The van der Waals surface area contributed by atoms with Crippen molar-refractivity contribution in [3.8, 4) is 0 Å². The van der Waals surface area contributed by atoms with E-state index in [4.69, 9.17) is 9.47 Å². The number of amides is 1. The van der Waals surface area contributed by atoms with Gasteiger partial charge < -0.3 is 50.5 Å². The smallest absolute Gasteiger partial charge is 0.249 e. The van der Waals surface area contributed by atoms with E-state index < -0.39 is 74.2 Å². The number of rotatable bonds is 56. The molecular weight excluding hydrogens is 943 g/mol. The van der Waals surface area contributed by atoms with Gasteiger partial charge in [0.25, 0.3) is 0 Å². The second kappa shape index (κ2) is 53.2. The van der Waals surface area contributed by atoms with Gasteiger partial charge in [-0.15, -0.1) is 0 Å². The number of carbonyl (C=O) groups excluding carboxylic acids is 1. The number of hydrogen-bond acceptors (Lipinski definition) is 10. The summed E-state index contributed by atoms with van der Waals surface area (Å²) in [6, 6.07) is -1.18. The van der Waals surface area contributed by atoms with Crippen LogP contribution in [0.25, 0.3) is 0 Å². The average Bonchev–Trinajstić information content (AvgIpc) is 3.41. The van der Waals surface area contributed by atoms with Crippen molar-refractivity contribution in [1.29, 1.82) is 0 Å². The van der Waals surface area contributed by atoms with E-state index >= 15 is 0 Å². The number of aliphatic hydroxyl groups is 7. The van der Waals surface area contributed by atoms with Crippen LogP contribution >= 0.6 is 0 Å². The Bertz CT molecular complexity index is 1270. The molecule has 75 heavy (non-hydrogen) atoms. The molecule has 11 nitrogen and oxygen atoms in total. The summed E-state index contributed by atoms with van der Waals surface area (Å²) in [5.74, 6) is -0.702. The van der Waals surface area contributed by atoms with Gasteiger partial charge in [-0.1, -0.05) is 269 Å². The van der Waals surface area contributed by atoms with Crippen molar-refractivity contribution < 1.29 is 50.0 Å². The van der Waals surface area contributed by atoms with Gasteiger partial charge in [0.05, 0.1) is 25.4 Å². The van der Waals surface area contributed by atoms with Crippen LogP contribution in [0, 0.1) is 0 Å². The lowest BCUT2D eigenvalue weighted by Crippen LogP contribution is -2.60. The Morgan fingerprint density at radius 2 is 0.787 bits per heavy atom. The molecule has 0 saturated carbocycles. The maximum absolute atomic E-state index is 13.2. The first-order valence-corrected chi connectivity index (χ1v) is 32.2. The quantitative estimate of drug-likeness (QED) is 0.0215. The van der Waals surface area contributed by atoms with Gasteiger partial charge in [-0.2, -0.15) is 0 Å². The number of ether oxygens (including phenoxy) is 2. The number of unbranched alkanes of at least 4 members (excludes halogenated alkanes) is 40. The number of allylic oxidation sites excluding steroid dienone is 4. The van der Waals surface area contributed by atoms with Crippen LogP contribution < -0.4 is 5.32 Å². The minimum Gasteiger partial charge on any atom is -0.394 e. The molecule has 1 rings (SSSR count). The highest BCUT2D eigenvalue weighted by atomic mass is 16.7. The molecule has 0 radical (unpaired) electrons. The Morgan fingerprint density at radius 3 is 1.15 bits per heavy atom. The normalized spacial score (nSPS) is 19.8. The lowest BCUT2D eigenvalue weighted by Gasteiger charge is -2.40. The molecule has 9 atom stereocenters. The van der Waals surface area contributed by atoms with Crippen molar-refractivity contribution in [2.45, 2.75) is 364 Å². The van der Waals surface area contributed by atoms with Crippen LogP contribution in [0.5, 0.6) is 0 Å². The van der Waals surface area contributed by atoms with Crippen LogP contribution in [-0.4, -0.2) is 110 Å². The predicted molar refractivity (Wildman–Crippen MR) is 312 cm³/mol. The first-order chi connectivity index (χ1) is 36.7. The summed E-state index contributed by atoms with van der Waals surface area (Å²) < 4.78 is 11.1. The summed E-state index contributed by atoms with van der Waals surface area (Å²) in [6.07, 6.45) is 54.1. The van der Waals surface area contributed by atoms with Crippen LogP contribution in [0.15, 0.2) is 24.3 Å². The number of hydrogen-bond donors (Lipinski definition) is 8. The average molecular weight is 1070 g/mol. The minimum atomic E-state index is -1.67. The van der Waals surface area contributed by atoms with Crippen molar-refractivity contribution in [1.82, 2.24) is 5.32 Å². The molecule has 1 amide bonds. The van der Waals surface area contributed by atoms with Gasteiger partial charge in [-0.3, -0.25) is 4.79 Å². The highest BCUT2D eigenvalue weighted by molar-refractivity contribution is 5.80. The molecule has 0 aromatic carbocycles. The van der Waals surface area contributed by atoms with Crippen LogP contribution in [-0.2, 0) is 14.3 Å². The molecule has 0 bridgehead atoms. The van der Waals surface area contributed by atoms with Gasteiger partial charge in [0.2, 0.25) is 5.91 Å². The zero-order valence-electron chi connectivity index (χ0n) is 48.8. The Kier molecular flexibility index (Phi) is 50.8. The fourth-order valence-corrected chi connectivity index (χ4v) is 10.5. The molecular formula is C64H123NO10. The lowest BCUT2D eigenvalue weighted by molar-refractivity contribution is -0.303. The second-order valence-corrected chi connectivity index (χ2v) is 22.8. The van der Waals surface area contributed by atoms with Crippen LogP contribution in [0.3, 0.4) is 0 Å². The zero-order valence-corrected chi connectivity index (χ0v) is 48.8. The Morgan fingerprint density at radius 1 is 0.453 bits per heavy atom. The van der Waals surface area contributed by atoms with E-state index in [1.54, 1.807) is 0 Å². The Balaban J connectivity index is 2.16. The topological polar surface area (TPSA) is 189 Å². The summed E-state index contributed by atoms with van der Waals surface area (Å²) in [4.78, 5) is 13.2. The van der Waals surface area contributed by atoms with E-state index in [0.717, 1.165) is 38.5 Å². The third-order valence-corrected chi connectivity index (χ3v) is 15.7. The third kappa shape index (κ3) is 41.3. The maximum atomic E-state index is 13.2. The minimum absolute atomic E-state index is 0.257. The first kappa shape index (κ1) is 71.6. The van der Waals surface area contributed by atoms with E-state index in [2.05, 4.69) is 43.5 Å². The van der Waals surface area contributed by atoms with Crippen molar-refractivity contribution >= 4 is 5.91 Å². The molecule has 1 aliphatic rings. The zero-order chi connectivity index (χ0) is 54.7. The van der Waals surface area contributed by atoms with Gasteiger partial charge in [0, 0.05) is 0 Å². The highest BCUT2D eigenvalue weighted by Gasteiger charge is 2.44. The van der Waals surface area contributed by atoms with E-state index in [1.807, 2.05) is 0 Å². The van der Waals surface area contributed by atoms with Crippen LogP contribution in [0.2, 0.25) is 0 Å². The second-order valence-electron chi connectivity index (χ2n) is 22.8.